The van der Waals surface area contributed by atoms with Crippen LogP contribution in [0, 0.1) is 5.92 Å². The van der Waals surface area contributed by atoms with Crippen molar-refractivity contribution in [1.29, 1.82) is 0 Å². The van der Waals surface area contributed by atoms with Gasteiger partial charge in [0.1, 0.15) is 3.55 Å². The van der Waals surface area contributed by atoms with Gasteiger partial charge in [0.05, 0.1) is 0 Å². The van der Waals surface area contributed by atoms with E-state index in [1.165, 1.54) is 38.5 Å². The fourth-order valence-electron chi connectivity index (χ4n) is 1.78. The molecule has 1 saturated carbocycles. The lowest BCUT2D eigenvalue weighted by Crippen LogP contribution is -2.20. The van der Waals surface area contributed by atoms with Crippen LogP contribution in [-0.2, 0) is 0 Å². The Balaban J connectivity index is 2.49. The molecule has 0 heterocycles. The van der Waals surface area contributed by atoms with E-state index in [1.54, 1.807) is 0 Å². The molecule has 0 aromatic carbocycles. The van der Waals surface area contributed by atoms with Gasteiger partial charge in [-0.3, -0.25) is 4.99 Å². The standard InChI is InChI=1S/C10H18IN/c1-9-5-3-4-7-10(11,12-2)8-6-9/h9H,2-8H2,1H3. The minimum atomic E-state index is 0.159. The van der Waals surface area contributed by atoms with Crippen molar-refractivity contribution >= 4 is 29.3 Å². The van der Waals surface area contributed by atoms with Crippen LogP contribution in [0.1, 0.15) is 45.4 Å². The molecule has 0 spiro atoms. The Bertz CT molecular complexity index is 158. The Morgan fingerprint density at radius 1 is 1.33 bits per heavy atom. The van der Waals surface area contributed by atoms with Gasteiger partial charge in [-0.25, -0.2) is 0 Å². The highest BCUT2D eigenvalue weighted by atomic mass is 127. The summed E-state index contributed by atoms with van der Waals surface area (Å²) in [7, 11) is 0. The number of hydrogen-bond acceptors (Lipinski definition) is 1. The molecule has 1 aliphatic rings. The summed E-state index contributed by atoms with van der Waals surface area (Å²) in [5, 5.41) is 0. The largest absolute Gasteiger partial charge is 0.284 e. The smallest absolute Gasteiger partial charge is 0.111 e. The molecule has 2 atom stereocenters. The number of hydrogen-bond donors (Lipinski definition) is 0. The number of rotatable bonds is 1. The summed E-state index contributed by atoms with van der Waals surface area (Å²) in [6.45, 7) is 6.05. The number of alkyl halides is 1. The van der Waals surface area contributed by atoms with E-state index in [1.807, 2.05) is 0 Å². The first-order chi connectivity index (χ1) is 5.66. The zero-order valence-electron chi connectivity index (χ0n) is 7.85. The molecule has 0 N–H and O–H groups in total. The van der Waals surface area contributed by atoms with Crippen molar-refractivity contribution in [2.24, 2.45) is 10.9 Å². The molecule has 0 bridgehead atoms. The maximum Gasteiger partial charge on any atom is 0.111 e. The quantitative estimate of drug-likeness (QED) is 0.299. The summed E-state index contributed by atoms with van der Waals surface area (Å²) < 4.78 is 0.159. The van der Waals surface area contributed by atoms with Gasteiger partial charge in [0.25, 0.3) is 0 Å². The molecule has 0 radical (unpaired) electrons. The third-order valence-corrected chi connectivity index (χ3v) is 4.23. The molecule has 12 heavy (non-hydrogen) atoms. The molecule has 0 amide bonds. The summed E-state index contributed by atoms with van der Waals surface area (Å²) in [5.41, 5.74) is 0. The van der Waals surface area contributed by atoms with Crippen LogP contribution < -0.4 is 0 Å². The maximum absolute atomic E-state index is 4.25. The summed E-state index contributed by atoms with van der Waals surface area (Å²) in [4.78, 5) is 4.25. The minimum Gasteiger partial charge on any atom is -0.284 e. The lowest BCUT2D eigenvalue weighted by atomic mass is 9.90. The van der Waals surface area contributed by atoms with Gasteiger partial charge >= 0.3 is 0 Å². The Morgan fingerprint density at radius 3 is 2.75 bits per heavy atom. The van der Waals surface area contributed by atoms with E-state index in [-0.39, 0.29) is 3.55 Å². The van der Waals surface area contributed by atoms with E-state index in [2.05, 4.69) is 41.2 Å². The van der Waals surface area contributed by atoms with Gasteiger partial charge in [-0.05, 0) is 31.9 Å². The lowest BCUT2D eigenvalue weighted by molar-refractivity contribution is 0.369. The minimum absolute atomic E-state index is 0.159. The van der Waals surface area contributed by atoms with Crippen LogP contribution in [-0.4, -0.2) is 10.3 Å². The van der Waals surface area contributed by atoms with Crippen LogP contribution >= 0.6 is 22.6 Å². The second-order valence-corrected chi connectivity index (χ2v) is 5.97. The summed E-state index contributed by atoms with van der Waals surface area (Å²) in [5.74, 6) is 0.890. The van der Waals surface area contributed by atoms with Gasteiger partial charge in [-0.2, -0.15) is 0 Å². The SMILES string of the molecule is C=NC1(I)CCCCC(C)CC1. The zero-order chi connectivity index (χ0) is 9.03. The average Bonchev–Trinajstić information content (AvgIpc) is 2.07. The topological polar surface area (TPSA) is 12.4 Å². The Labute approximate surface area is 89.2 Å². The van der Waals surface area contributed by atoms with Gasteiger partial charge in [-0.15, -0.1) is 0 Å². The number of aliphatic imine (C=N–C) groups is 1. The number of nitrogens with zero attached hydrogens (tertiary/aromatic N) is 1. The first-order valence-electron chi connectivity index (χ1n) is 4.83. The van der Waals surface area contributed by atoms with Crippen LogP contribution in [0.25, 0.3) is 0 Å². The third-order valence-electron chi connectivity index (χ3n) is 2.81. The monoisotopic (exact) mass is 279 g/mol. The molecule has 1 nitrogen and oxygen atoms in total. The zero-order valence-corrected chi connectivity index (χ0v) is 10.0. The average molecular weight is 279 g/mol. The fourth-order valence-corrected chi connectivity index (χ4v) is 2.48. The Kier molecular flexibility index (Phi) is 4.00. The van der Waals surface area contributed by atoms with Crippen molar-refractivity contribution in [3.8, 4) is 0 Å². The van der Waals surface area contributed by atoms with E-state index >= 15 is 0 Å². The van der Waals surface area contributed by atoms with E-state index in [0.717, 1.165) is 5.92 Å². The van der Waals surface area contributed by atoms with Crippen molar-refractivity contribution in [1.82, 2.24) is 0 Å². The van der Waals surface area contributed by atoms with Gasteiger partial charge in [0.15, 0.2) is 0 Å². The van der Waals surface area contributed by atoms with Crippen LogP contribution in [0.15, 0.2) is 4.99 Å². The molecule has 70 valence electrons. The van der Waals surface area contributed by atoms with Crippen LogP contribution in [0.4, 0.5) is 0 Å². The molecule has 2 heteroatoms. The van der Waals surface area contributed by atoms with Crippen molar-refractivity contribution in [2.45, 2.75) is 49.0 Å². The molecular formula is C10H18IN. The fraction of sp³-hybridized carbons (Fsp3) is 0.900. The van der Waals surface area contributed by atoms with Gasteiger partial charge in [0.2, 0.25) is 0 Å². The predicted molar refractivity (Wildman–Crippen MR) is 63.2 cm³/mol. The van der Waals surface area contributed by atoms with Crippen LogP contribution in [0.5, 0.6) is 0 Å². The highest BCUT2D eigenvalue weighted by molar-refractivity contribution is 14.1. The third kappa shape index (κ3) is 3.04. The second kappa shape index (κ2) is 4.58. The normalized spacial score (nSPS) is 38.3. The Hall–Kier alpha value is 0.400. The molecule has 1 fully saturated rings. The number of halogens is 1. The highest BCUT2D eigenvalue weighted by Gasteiger charge is 2.25. The molecule has 0 aromatic heterocycles. The second-order valence-electron chi connectivity index (χ2n) is 3.97. The molecule has 2 unspecified atom stereocenters. The summed E-state index contributed by atoms with van der Waals surface area (Å²) in [6.07, 6.45) is 7.88. The highest BCUT2D eigenvalue weighted by Crippen LogP contribution is 2.36. The molecule has 0 aliphatic heterocycles. The van der Waals surface area contributed by atoms with Crippen molar-refractivity contribution < 1.29 is 0 Å². The van der Waals surface area contributed by atoms with Gasteiger partial charge < -0.3 is 0 Å². The van der Waals surface area contributed by atoms with Gasteiger partial charge in [0, 0.05) is 0 Å². The van der Waals surface area contributed by atoms with E-state index in [9.17, 15) is 0 Å². The molecule has 1 aliphatic carbocycles. The van der Waals surface area contributed by atoms with Crippen LogP contribution in [0.3, 0.4) is 0 Å². The molecule has 0 aromatic rings. The first kappa shape index (κ1) is 10.5. The first-order valence-corrected chi connectivity index (χ1v) is 5.91. The predicted octanol–water partition coefficient (Wildman–Crippen LogP) is 3.81. The van der Waals surface area contributed by atoms with Crippen molar-refractivity contribution in [2.75, 3.05) is 0 Å². The molecule has 1 rings (SSSR count). The van der Waals surface area contributed by atoms with E-state index < -0.39 is 0 Å². The summed E-state index contributed by atoms with van der Waals surface area (Å²) >= 11 is 2.48. The van der Waals surface area contributed by atoms with E-state index in [4.69, 9.17) is 0 Å². The van der Waals surface area contributed by atoms with Crippen molar-refractivity contribution in [3.63, 3.8) is 0 Å². The summed E-state index contributed by atoms with van der Waals surface area (Å²) in [6, 6.07) is 0. The van der Waals surface area contributed by atoms with E-state index in [0.29, 0.717) is 0 Å². The Morgan fingerprint density at radius 2 is 2.08 bits per heavy atom. The maximum atomic E-state index is 4.25. The van der Waals surface area contributed by atoms with Gasteiger partial charge in [-0.1, -0.05) is 48.8 Å². The molecule has 0 saturated heterocycles. The van der Waals surface area contributed by atoms with Crippen molar-refractivity contribution in [3.05, 3.63) is 0 Å². The lowest BCUT2D eigenvalue weighted by Gasteiger charge is -2.27. The molecular weight excluding hydrogens is 261 g/mol. The van der Waals surface area contributed by atoms with Crippen LogP contribution in [0.2, 0.25) is 0 Å².